The Balaban J connectivity index is 1.58. The Morgan fingerprint density at radius 3 is 2.89 bits per heavy atom. The van der Waals surface area contributed by atoms with E-state index >= 15 is 0 Å². The molecular weight excluding hydrogens is 342 g/mol. The zero-order chi connectivity index (χ0) is 18.8. The minimum Gasteiger partial charge on any atom is -0.422 e. The summed E-state index contributed by atoms with van der Waals surface area (Å²) in [6.07, 6.45) is 2.94. The number of imidazole rings is 1. The lowest BCUT2D eigenvalue weighted by atomic mass is 9.67. The first-order valence-electron chi connectivity index (χ1n) is 9.62. The van der Waals surface area contributed by atoms with Gasteiger partial charge in [0.1, 0.15) is 16.9 Å². The Bertz CT molecular complexity index is 1040. The second-order valence-corrected chi connectivity index (χ2v) is 8.03. The summed E-state index contributed by atoms with van der Waals surface area (Å²) in [6.45, 7) is 6.68. The van der Waals surface area contributed by atoms with Crippen LogP contribution in [0.1, 0.15) is 67.0 Å². The number of para-hydroxylation sites is 1. The number of rotatable bonds is 3. The molecule has 1 aromatic carbocycles. The molecule has 1 aliphatic heterocycles. The van der Waals surface area contributed by atoms with Crippen LogP contribution in [0.25, 0.3) is 11.0 Å². The van der Waals surface area contributed by atoms with E-state index in [2.05, 4.69) is 20.2 Å². The molecule has 3 heterocycles. The van der Waals surface area contributed by atoms with Crippen LogP contribution in [0.4, 0.5) is 0 Å². The minimum absolute atomic E-state index is 0.00130. The van der Waals surface area contributed by atoms with Crippen molar-refractivity contribution in [2.75, 3.05) is 6.54 Å². The predicted octanol–water partition coefficient (Wildman–Crippen LogP) is 3.53. The number of aromatic nitrogens is 4. The monoisotopic (exact) mass is 365 g/mol. The zero-order valence-electron chi connectivity index (χ0n) is 15.8. The molecule has 0 bridgehead atoms. The second kappa shape index (κ2) is 5.65. The van der Waals surface area contributed by atoms with Gasteiger partial charge in [0.15, 0.2) is 0 Å². The topological polar surface area (TPSA) is 87.9 Å². The first-order chi connectivity index (χ1) is 13.0. The first kappa shape index (κ1) is 16.5. The van der Waals surface area contributed by atoms with Gasteiger partial charge in [-0.25, -0.2) is 4.98 Å². The third-order valence-electron chi connectivity index (χ3n) is 6.14. The van der Waals surface area contributed by atoms with Crippen molar-refractivity contribution in [3.05, 3.63) is 41.4 Å². The Morgan fingerprint density at radius 2 is 2.19 bits per heavy atom. The predicted molar refractivity (Wildman–Crippen MR) is 99.3 cm³/mol. The number of carbonyl (C=O) groups excluding carboxylic acids is 1. The highest BCUT2D eigenvalue weighted by atomic mass is 16.4. The van der Waals surface area contributed by atoms with Crippen molar-refractivity contribution in [1.82, 2.24) is 25.1 Å². The number of benzene rings is 1. The van der Waals surface area contributed by atoms with Crippen LogP contribution in [0.2, 0.25) is 0 Å². The number of nitrogens with zero attached hydrogens (tertiary/aromatic N) is 4. The number of aryl methyl sites for hydroxylation is 1. The molecule has 0 radical (unpaired) electrons. The number of hydrogen-bond acceptors (Lipinski definition) is 5. The van der Waals surface area contributed by atoms with Crippen LogP contribution in [0.5, 0.6) is 0 Å². The van der Waals surface area contributed by atoms with Gasteiger partial charge in [-0.3, -0.25) is 4.79 Å². The average molecular weight is 365 g/mol. The summed E-state index contributed by atoms with van der Waals surface area (Å²) in [5.74, 6) is 2.60. The standard InChI is InChI=1S/C20H23N5O2/c1-11(2)17-23-24-19(27-17)20-9-7-13(20)8-10-25(20)18(26)14-5-4-6-15-16(14)22-12(3)21-15/h4-6,11,13H,7-10H2,1-3H3,(H,21,22)/t13-,20-/m0/s1. The highest BCUT2D eigenvalue weighted by Crippen LogP contribution is 2.57. The SMILES string of the molecule is Cc1nc2c(C(=O)N3CC[C@@H]4CC[C@@]43c3nnc(C(C)C)o3)cccc2[nH]1. The summed E-state index contributed by atoms with van der Waals surface area (Å²) in [4.78, 5) is 23.3. The lowest BCUT2D eigenvalue weighted by Gasteiger charge is -2.47. The van der Waals surface area contributed by atoms with E-state index in [1.165, 1.54) is 0 Å². The second-order valence-electron chi connectivity index (χ2n) is 8.03. The van der Waals surface area contributed by atoms with Crippen LogP contribution < -0.4 is 0 Å². The van der Waals surface area contributed by atoms with Gasteiger partial charge < -0.3 is 14.3 Å². The fourth-order valence-corrected chi connectivity index (χ4v) is 4.64. The van der Waals surface area contributed by atoms with Gasteiger partial charge in [0, 0.05) is 12.5 Å². The van der Waals surface area contributed by atoms with Gasteiger partial charge in [0.2, 0.25) is 11.8 Å². The molecule has 7 heteroatoms. The molecule has 0 spiro atoms. The highest BCUT2D eigenvalue weighted by Gasteiger charge is 2.61. The van der Waals surface area contributed by atoms with E-state index in [0.29, 0.717) is 29.8 Å². The Kier molecular flexibility index (Phi) is 3.44. The molecule has 140 valence electrons. The molecule has 1 amide bonds. The third-order valence-corrected chi connectivity index (χ3v) is 6.14. The van der Waals surface area contributed by atoms with E-state index in [1.54, 1.807) is 0 Å². The summed E-state index contributed by atoms with van der Waals surface area (Å²) in [5, 5.41) is 8.57. The van der Waals surface area contributed by atoms with Gasteiger partial charge in [-0.2, -0.15) is 0 Å². The van der Waals surface area contributed by atoms with Crippen LogP contribution in [0.3, 0.4) is 0 Å². The Morgan fingerprint density at radius 1 is 1.33 bits per heavy atom. The summed E-state index contributed by atoms with van der Waals surface area (Å²) in [5.41, 5.74) is 1.79. The smallest absolute Gasteiger partial charge is 0.257 e. The largest absolute Gasteiger partial charge is 0.422 e. The van der Waals surface area contributed by atoms with Crippen LogP contribution in [0, 0.1) is 12.8 Å². The molecule has 1 aliphatic carbocycles. The van der Waals surface area contributed by atoms with Gasteiger partial charge in [-0.05, 0) is 44.2 Å². The maximum Gasteiger partial charge on any atom is 0.257 e. The van der Waals surface area contributed by atoms with Gasteiger partial charge in [0.25, 0.3) is 5.91 Å². The minimum atomic E-state index is -0.454. The van der Waals surface area contributed by atoms with E-state index in [4.69, 9.17) is 4.42 Å². The van der Waals surface area contributed by atoms with E-state index in [1.807, 2.05) is 43.9 Å². The molecule has 2 aliphatic rings. The number of carbonyl (C=O) groups is 1. The van der Waals surface area contributed by atoms with Crippen molar-refractivity contribution < 1.29 is 9.21 Å². The summed E-state index contributed by atoms with van der Waals surface area (Å²) < 4.78 is 6.02. The number of nitrogens with one attached hydrogen (secondary N) is 1. The molecule has 1 saturated heterocycles. The van der Waals surface area contributed by atoms with E-state index in [0.717, 1.165) is 36.1 Å². The number of likely N-dealkylation sites (tertiary alicyclic amines) is 1. The van der Waals surface area contributed by atoms with Crippen LogP contribution >= 0.6 is 0 Å². The zero-order valence-corrected chi connectivity index (χ0v) is 15.8. The first-order valence-corrected chi connectivity index (χ1v) is 9.62. The van der Waals surface area contributed by atoms with Gasteiger partial charge >= 0.3 is 0 Å². The molecular formula is C20H23N5O2. The van der Waals surface area contributed by atoms with Gasteiger partial charge in [0.05, 0.1) is 11.1 Å². The normalized spacial score (nSPS) is 24.4. The number of fused-ring (bicyclic) bond motifs is 2. The number of hydrogen-bond donors (Lipinski definition) is 1. The molecule has 2 fully saturated rings. The lowest BCUT2D eigenvalue weighted by Crippen LogP contribution is -2.54. The lowest BCUT2D eigenvalue weighted by molar-refractivity contribution is -0.00361. The molecule has 7 nitrogen and oxygen atoms in total. The van der Waals surface area contributed by atoms with Crippen molar-refractivity contribution >= 4 is 16.9 Å². The molecule has 1 N–H and O–H groups in total. The van der Waals surface area contributed by atoms with E-state index < -0.39 is 5.54 Å². The molecule has 27 heavy (non-hydrogen) atoms. The Labute approximate surface area is 157 Å². The van der Waals surface area contributed by atoms with Gasteiger partial charge in [-0.15, -0.1) is 10.2 Å². The summed E-state index contributed by atoms with van der Waals surface area (Å²) in [7, 11) is 0. The third kappa shape index (κ3) is 2.20. The molecule has 3 aromatic rings. The van der Waals surface area contributed by atoms with Crippen molar-refractivity contribution in [2.24, 2.45) is 5.92 Å². The van der Waals surface area contributed by atoms with E-state index in [9.17, 15) is 4.79 Å². The van der Waals surface area contributed by atoms with Crippen LogP contribution in [0.15, 0.2) is 22.6 Å². The molecule has 5 rings (SSSR count). The maximum absolute atomic E-state index is 13.6. The number of H-pyrrole nitrogens is 1. The van der Waals surface area contributed by atoms with Crippen LogP contribution in [-0.4, -0.2) is 37.5 Å². The maximum atomic E-state index is 13.6. The average Bonchev–Trinajstić information content (AvgIpc) is 3.30. The van der Waals surface area contributed by atoms with Crippen molar-refractivity contribution in [1.29, 1.82) is 0 Å². The fourth-order valence-electron chi connectivity index (χ4n) is 4.64. The van der Waals surface area contributed by atoms with Gasteiger partial charge in [-0.1, -0.05) is 19.9 Å². The molecule has 1 saturated carbocycles. The Hall–Kier alpha value is -2.70. The summed E-state index contributed by atoms with van der Waals surface area (Å²) >= 11 is 0. The van der Waals surface area contributed by atoms with Crippen molar-refractivity contribution in [3.8, 4) is 0 Å². The van der Waals surface area contributed by atoms with E-state index in [-0.39, 0.29) is 11.8 Å². The number of aromatic amines is 1. The fraction of sp³-hybridized carbons (Fsp3) is 0.500. The molecule has 2 atom stereocenters. The van der Waals surface area contributed by atoms with Crippen molar-refractivity contribution in [3.63, 3.8) is 0 Å². The molecule has 0 unspecified atom stereocenters. The van der Waals surface area contributed by atoms with Crippen molar-refractivity contribution in [2.45, 2.75) is 51.5 Å². The quantitative estimate of drug-likeness (QED) is 0.767. The summed E-state index contributed by atoms with van der Waals surface area (Å²) in [6, 6.07) is 5.71. The molecule has 2 aromatic heterocycles. The van der Waals surface area contributed by atoms with Crippen LogP contribution in [-0.2, 0) is 5.54 Å². The number of amides is 1. The highest BCUT2D eigenvalue weighted by molar-refractivity contribution is 6.05.